The molecule has 1 amide bonds. The molecule has 3 nitrogen and oxygen atoms in total. The summed E-state index contributed by atoms with van der Waals surface area (Å²) in [5.74, 6) is -0.490. The Morgan fingerprint density at radius 3 is 2.60 bits per heavy atom. The SMILES string of the molecule is CC(CC(=O)NCCN)c1cccc(C(F)(F)F)c1.Cl. The lowest BCUT2D eigenvalue weighted by molar-refractivity contribution is -0.137. The quantitative estimate of drug-likeness (QED) is 0.878. The van der Waals surface area contributed by atoms with Crippen LogP contribution in [0.15, 0.2) is 24.3 Å². The Labute approximate surface area is 122 Å². The maximum atomic E-state index is 12.6. The Hall–Kier alpha value is -1.27. The highest BCUT2D eigenvalue weighted by atomic mass is 35.5. The van der Waals surface area contributed by atoms with Crippen LogP contribution in [0.25, 0.3) is 0 Å². The molecule has 0 bridgehead atoms. The lowest BCUT2D eigenvalue weighted by Crippen LogP contribution is -2.29. The van der Waals surface area contributed by atoms with Crippen molar-refractivity contribution in [1.29, 1.82) is 0 Å². The normalized spacial score (nSPS) is 12.4. The molecule has 0 saturated carbocycles. The Morgan fingerprint density at radius 1 is 1.40 bits per heavy atom. The van der Waals surface area contributed by atoms with Crippen LogP contribution in [-0.4, -0.2) is 19.0 Å². The second-order valence-corrected chi connectivity index (χ2v) is 4.37. The van der Waals surface area contributed by atoms with Crippen LogP contribution in [0.1, 0.15) is 30.4 Å². The number of alkyl halides is 3. The van der Waals surface area contributed by atoms with Crippen LogP contribution in [0.4, 0.5) is 13.2 Å². The van der Waals surface area contributed by atoms with Gasteiger partial charge in [0.25, 0.3) is 0 Å². The highest BCUT2D eigenvalue weighted by molar-refractivity contribution is 5.85. The third-order valence-corrected chi connectivity index (χ3v) is 2.74. The van der Waals surface area contributed by atoms with Gasteiger partial charge in [-0.05, 0) is 17.5 Å². The predicted molar refractivity (Wildman–Crippen MR) is 73.8 cm³/mol. The van der Waals surface area contributed by atoms with E-state index in [9.17, 15) is 18.0 Å². The van der Waals surface area contributed by atoms with Crippen molar-refractivity contribution in [3.8, 4) is 0 Å². The van der Waals surface area contributed by atoms with Gasteiger partial charge in [-0.2, -0.15) is 13.2 Å². The first-order valence-corrected chi connectivity index (χ1v) is 5.98. The van der Waals surface area contributed by atoms with Crippen LogP contribution in [0, 0.1) is 0 Å². The average Bonchev–Trinajstić information content (AvgIpc) is 2.35. The highest BCUT2D eigenvalue weighted by Crippen LogP contribution is 2.31. The van der Waals surface area contributed by atoms with E-state index in [4.69, 9.17) is 5.73 Å². The summed E-state index contributed by atoms with van der Waals surface area (Å²) < 4.78 is 37.7. The number of halogens is 4. The molecule has 1 unspecified atom stereocenters. The van der Waals surface area contributed by atoms with Gasteiger partial charge in [-0.3, -0.25) is 4.79 Å². The Kier molecular flexibility index (Phi) is 7.60. The third kappa shape index (κ3) is 5.79. The van der Waals surface area contributed by atoms with Crippen LogP contribution in [0.5, 0.6) is 0 Å². The first kappa shape index (κ1) is 18.7. The van der Waals surface area contributed by atoms with Crippen LogP contribution >= 0.6 is 12.4 Å². The number of hydrogen-bond acceptors (Lipinski definition) is 2. The topological polar surface area (TPSA) is 55.1 Å². The summed E-state index contributed by atoms with van der Waals surface area (Å²) in [7, 11) is 0. The molecule has 114 valence electrons. The molecule has 1 aromatic carbocycles. The number of hydrogen-bond donors (Lipinski definition) is 2. The van der Waals surface area contributed by atoms with Crippen molar-refractivity contribution in [2.24, 2.45) is 5.73 Å². The molecule has 0 saturated heterocycles. The molecule has 0 aliphatic carbocycles. The largest absolute Gasteiger partial charge is 0.416 e. The number of benzene rings is 1. The lowest BCUT2D eigenvalue weighted by atomic mass is 9.95. The molecule has 0 radical (unpaired) electrons. The molecule has 0 aliphatic rings. The zero-order valence-corrected chi connectivity index (χ0v) is 11.9. The number of amides is 1. The molecule has 0 spiro atoms. The van der Waals surface area contributed by atoms with Crippen molar-refractivity contribution in [1.82, 2.24) is 5.32 Å². The van der Waals surface area contributed by atoms with Crippen molar-refractivity contribution in [3.63, 3.8) is 0 Å². The summed E-state index contributed by atoms with van der Waals surface area (Å²) in [6.07, 6.45) is -4.22. The molecular formula is C13H18ClF3N2O. The number of carbonyl (C=O) groups excluding carboxylic acids is 1. The van der Waals surface area contributed by atoms with Gasteiger partial charge in [-0.1, -0.05) is 25.1 Å². The summed E-state index contributed by atoms with van der Waals surface area (Å²) in [6, 6.07) is 5.05. The van der Waals surface area contributed by atoms with E-state index in [1.165, 1.54) is 6.07 Å². The number of carbonyl (C=O) groups is 1. The van der Waals surface area contributed by atoms with E-state index >= 15 is 0 Å². The van der Waals surface area contributed by atoms with Gasteiger partial charge in [0, 0.05) is 19.5 Å². The van der Waals surface area contributed by atoms with Gasteiger partial charge in [-0.25, -0.2) is 0 Å². The maximum Gasteiger partial charge on any atom is 0.416 e. The molecular weight excluding hydrogens is 293 g/mol. The van der Waals surface area contributed by atoms with Gasteiger partial charge in [0.2, 0.25) is 5.91 Å². The monoisotopic (exact) mass is 310 g/mol. The third-order valence-electron chi connectivity index (χ3n) is 2.74. The highest BCUT2D eigenvalue weighted by Gasteiger charge is 2.30. The van der Waals surface area contributed by atoms with Gasteiger partial charge in [0.1, 0.15) is 0 Å². The molecule has 1 rings (SSSR count). The fourth-order valence-electron chi connectivity index (χ4n) is 1.70. The lowest BCUT2D eigenvalue weighted by Gasteiger charge is -2.14. The molecule has 0 aromatic heterocycles. The fourth-order valence-corrected chi connectivity index (χ4v) is 1.70. The van der Waals surface area contributed by atoms with Crippen molar-refractivity contribution in [2.75, 3.05) is 13.1 Å². The van der Waals surface area contributed by atoms with E-state index in [-0.39, 0.29) is 30.7 Å². The fraction of sp³-hybridized carbons (Fsp3) is 0.462. The summed E-state index contributed by atoms with van der Waals surface area (Å²) in [6.45, 7) is 2.43. The van der Waals surface area contributed by atoms with Crippen molar-refractivity contribution in [3.05, 3.63) is 35.4 Å². The smallest absolute Gasteiger partial charge is 0.355 e. The van der Waals surface area contributed by atoms with Crippen LogP contribution in [0.3, 0.4) is 0 Å². The van der Waals surface area contributed by atoms with Crippen LogP contribution in [0.2, 0.25) is 0 Å². The predicted octanol–water partition coefficient (Wildman–Crippen LogP) is 2.70. The first-order chi connectivity index (χ1) is 8.84. The molecule has 1 atom stereocenters. The molecule has 7 heteroatoms. The number of nitrogens with two attached hydrogens (primary N) is 1. The van der Waals surface area contributed by atoms with Crippen molar-refractivity contribution in [2.45, 2.75) is 25.4 Å². The van der Waals surface area contributed by atoms with E-state index in [2.05, 4.69) is 5.32 Å². The van der Waals surface area contributed by atoms with E-state index in [1.54, 1.807) is 13.0 Å². The summed E-state index contributed by atoms with van der Waals surface area (Å²) >= 11 is 0. The van der Waals surface area contributed by atoms with Gasteiger partial charge in [0.15, 0.2) is 0 Å². The van der Waals surface area contributed by atoms with E-state index in [0.717, 1.165) is 12.1 Å². The minimum atomic E-state index is -4.36. The number of nitrogens with one attached hydrogen (secondary N) is 1. The van der Waals surface area contributed by atoms with E-state index in [1.807, 2.05) is 0 Å². The maximum absolute atomic E-state index is 12.6. The van der Waals surface area contributed by atoms with Gasteiger partial charge in [0.05, 0.1) is 5.56 Å². The van der Waals surface area contributed by atoms with Crippen molar-refractivity contribution < 1.29 is 18.0 Å². The minimum absolute atomic E-state index is 0. The van der Waals surface area contributed by atoms with Crippen molar-refractivity contribution >= 4 is 18.3 Å². The molecule has 1 aromatic rings. The molecule has 0 aliphatic heterocycles. The Morgan fingerprint density at radius 2 is 2.05 bits per heavy atom. The zero-order valence-electron chi connectivity index (χ0n) is 11.0. The summed E-state index contributed by atoms with van der Waals surface area (Å²) in [5, 5.41) is 2.59. The van der Waals surface area contributed by atoms with E-state index < -0.39 is 11.7 Å². The number of rotatable bonds is 5. The minimum Gasteiger partial charge on any atom is -0.355 e. The van der Waals surface area contributed by atoms with Gasteiger partial charge >= 0.3 is 6.18 Å². The molecule has 0 fully saturated rings. The van der Waals surface area contributed by atoms with Crippen LogP contribution in [-0.2, 0) is 11.0 Å². The molecule has 0 heterocycles. The molecule has 20 heavy (non-hydrogen) atoms. The summed E-state index contributed by atoms with van der Waals surface area (Å²) in [4.78, 5) is 11.5. The Bertz CT molecular complexity index is 438. The molecule has 3 N–H and O–H groups in total. The Balaban J connectivity index is 0.00000361. The first-order valence-electron chi connectivity index (χ1n) is 5.98. The average molecular weight is 311 g/mol. The van der Waals surface area contributed by atoms with Gasteiger partial charge < -0.3 is 11.1 Å². The van der Waals surface area contributed by atoms with E-state index in [0.29, 0.717) is 18.7 Å². The van der Waals surface area contributed by atoms with Gasteiger partial charge in [-0.15, -0.1) is 12.4 Å². The second-order valence-electron chi connectivity index (χ2n) is 4.37. The zero-order chi connectivity index (χ0) is 14.5. The van der Waals surface area contributed by atoms with Crippen LogP contribution < -0.4 is 11.1 Å². The second kappa shape index (κ2) is 8.11. The summed E-state index contributed by atoms with van der Waals surface area (Å²) in [5.41, 5.74) is 5.05. The standard InChI is InChI=1S/C13H17F3N2O.ClH/c1-9(7-12(19)18-6-5-17)10-3-2-4-11(8-10)13(14,15)16;/h2-4,8-9H,5-7,17H2,1H3,(H,18,19);1H.